The SMILES string of the molecule is CCc1cc2cc3c(cc2[nH]1)c(=O)oc1ccccc13. The summed E-state index contributed by atoms with van der Waals surface area (Å²) in [6.45, 7) is 2.11. The Bertz CT molecular complexity index is 1010. The molecule has 0 amide bonds. The molecule has 4 rings (SSSR count). The van der Waals surface area contributed by atoms with E-state index in [9.17, 15) is 4.79 Å². The number of fused-ring (bicyclic) bond motifs is 4. The average Bonchev–Trinajstić information content (AvgIpc) is 2.88. The molecule has 0 spiro atoms. The highest BCUT2D eigenvalue weighted by Crippen LogP contribution is 2.27. The maximum atomic E-state index is 12.1. The quantitative estimate of drug-likeness (QED) is 0.417. The van der Waals surface area contributed by atoms with Gasteiger partial charge in [0.2, 0.25) is 0 Å². The number of H-pyrrole nitrogens is 1. The number of aromatic nitrogens is 1. The van der Waals surface area contributed by atoms with Gasteiger partial charge in [0.1, 0.15) is 5.58 Å². The van der Waals surface area contributed by atoms with E-state index < -0.39 is 0 Å². The van der Waals surface area contributed by atoms with Crippen LogP contribution in [0.25, 0.3) is 32.6 Å². The Labute approximate surface area is 114 Å². The van der Waals surface area contributed by atoms with Crippen LogP contribution in [0.4, 0.5) is 0 Å². The lowest BCUT2D eigenvalue weighted by molar-refractivity contribution is 0.570. The third kappa shape index (κ3) is 1.50. The minimum absolute atomic E-state index is 0.284. The van der Waals surface area contributed by atoms with Gasteiger partial charge in [0.15, 0.2) is 0 Å². The molecule has 0 aliphatic rings. The molecule has 2 heterocycles. The van der Waals surface area contributed by atoms with Gasteiger partial charge >= 0.3 is 5.63 Å². The third-order valence-corrected chi connectivity index (χ3v) is 3.80. The van der Waals surface area contributed by atoms with Crippen molar-refractivity contribution in [3.63, 3.8) is 0 Å². The van der Waals surface area contributed by atoms with Gasteiger partial charge in [0.25, 0.3) is 0 Å². The van der Waals surface area contributed by atoms with Crippen LogP contribution in [0.3, 0.4) is 0 Å². The van der Waals surface area contributed by atoms with Crippen molar-refractivity contribution in [2.75, 3.05) is 0 Å². The van der Waals surface area contributed by atoms with Gasteiger partial charge < -0.3 is 9.40 Å². The molecular weight excluding hydrogens is 250 g/mol. The minimum Gasteiger partial charge on any atom is -0.422 e. The van der Waals surface area contributed by atoms with E-state index in [1.165, 1.54) is 5.69 Å². The zero-order chi connectivity index (χ0) is 13.7. The summed E-state index contributed by atoms with van der Waals surface area (Å²) in [6, 6.07) is 13.7. The molecule has 2 aromatic carbocycles. The van der Waals surface area contributed by atoms with Crippen molar-refractivity contribution in [3.05, 3.63) is 58.6 Å². The number of hydrogen-bond donors (Lipinski definition) is 1. The Morgan fingerprint density at radius 3 is 2.75 bits per heavy atom. The summed E-state index contributed by atoms with van der Waals surface area (Å²) in [6.07, 6.45) is 0.945. The van der Waals surface area contributed by atoms with E-state index in [0.29, 0.717) is 11.0 Å². The smallest absolute Gasteiger partial charge is 0.344 e. The molecule has 0 atom stereocenters. The fourth-order valence-electron chi connectivity index (χ4n) is 2.76. The van der Waals surface area contributed by atoms with Crippen LogP contribution in [0.15, 0.2) is 51.7 Å². The number of rotatable bonds is 1. The number of hydrogen-bond acceptors (Lipinski definition) is 2. The van der Waals surface area contributed by atoms with Crippen LogP contribution in [-0.2, 0) is 6.42 Å². The summed E-state index contributed by atoms with van der Waals surface area (Å²) in [5.74, 6) is 0. The lowest BCUT2D eigenvalue weighted by atomic mass is 10.1. The fraction of sp³-hybridized carbons (Fsp3) is 0.118. The molecule has 0 fully saturated rings. The lowest BCUT2D eigenvalue weighted by Crippen LogP contribution is -1.99. The number of para-hydroxylation sites is 1. The van der Waals surface area contributed by atoms with Crippen molar-refractivity contribution in [3.8, 4) is 0 Å². The van der Waals surface area contributed by atoms with E-state index in [4.69, 9.17) is 4.42 Å². The molecule has 0 saturated carbocycles. The van der Waals surface area contributed by atoms with Gasteiger partial charge in [-0.3, -0.25) is 0 Å². The van der Waals surface area contributed by atoms with Gasteiger partial charge in [-0.05, 0) is 30.7 Å². The van der Waals surface area contributed by atoms with E-state index in [-0.39, 0.29) is 5.63 Å². The van der Waals surface area contributed by atoms with Crippen LogP contribution in [-0.4, -0.2) is 4.98 Å². The lowest BCUT2D eigenvalue weighted by Gasteiger charge is -2.02. The summed E-state index contributed by atoms with van der Waals surface area (Å²) in [7, 11) is 0. The Balaban J connectivity index is 2.25. The predicted octanol–water partition coefficient (Wildman–Crippen LogP) is 3.99. The highest BCUT2D eigenvalue weighted by molar-refractivity contribution is 6.09. The number of aromatic amines is 1. The van der Waals surface area contributed by atoms with Crippen LogP contribution in [0.2, 0.25) is 0 Å². The number of benzene rings is 2. The van der Waals surface area contributed by atoms with E-state index >= 15 is 0 Å². The summed E-state index contributed by atoms with van der Waals surface area (Å²) in [5.41, 5.74) is 2.50. The van der Waals surface area contributed by atoms with Crippen LogP contribution in [0.5, 0.6) is 0 Å². The zero-order valence-electron chi connectivity index (χ0n) is 11.1. The highest BCUT2D eigenvalue weighted by Gasteiger charge is 2.09. The molecule has 3 nitrogen and oxygen atoms in total. The normalized spacial score (nSPS) is 11.7. The second-order valence-corrected chi connectivity index (χ2v) is 5.02. The zero-order valence-corrected chi connectivity index (χ0v) is 11.1. The number of aryl methyl sites for hydroxylation is 1. The van der Waals surface area contributed by atoms with Crippen molar-refractivity contribution in [2.45, 2.75) is 13.3 Å². The Kier molecular flexibility index (Phi) is 2.24. The number of nitrogens with one attached hydrogen (secondary N) is 1. The van der Waals surface area contributed by atoms with Crippen LogP contribution >= 0.6 is 0 Å². The Morgan fingerprint density at radius 1 is 1.05 bits per heavy atom. The minimum atomic E-state index is -0.284. The van der Waals surface area contributed by atoms with E-state index in [1.807, 2.05) is 30.3 Å². The molecule has 0 unspecified atom stereocenters. The van der Waals surface area contributed by atoms with E-state index in [1.54, 1.807) is 0 Å². The van der Waals surface area contributed by atoms with Gasteiger partial charge in [-0.25, -0.2) is 4.79 Å². The molecule has 0 bridgehead atoms. The van der Waals surface area contributed by atoms with Crippen LogP contribution in [0, 0.1) is 0 Å². The van der Waals surface area contributed by atoms with Gasteiger partial charge in [0.05, 0.1) is 5.39 Å². The van der Waals surface area contributed by atoms with Gasteiger partial charge in [-0.1, -0.05) is 25.1 Å². The second-order valence-electron chi connectivity index (χ2n) is 5.02. The highest BCUT2D eigenvalue weighted by atomic mass is 16.4. The Hall–Kier alpha value is -2.55. The van der Waals surface area contributed by atoms with Gasteiger partial charge in [-0.2, -0.15) is 0 Å². The second kappa shape index (κ2) is 3.97. The first-order chi connectivity index (χ1) is 9.76. The van der Waals surface area contributed by atoms with Crippen molar-refractivity contribution < 1.29 is 4.42 Å². The first kappa shape index (κ1) is 11.3. The topological polar surface area (TPSA) is 46.0 Å². The molecule has 0 radical (unpaired) electrons. The molecule has 0 aliphatic carbocycles. The monoisotopic (exact) mass is 263 g/mol. The molecule has 3 heteroatoms. The molecule has 2 aromatic heterocycles. The largest absolute Gasteiger partial charge is 0.422 e. The summed E-state index contributed by atoms with van der Waals surface area (Å²) in [5, 5.41) is 3.68. The van der Waals surface area contributed by atoms with Crippen molar-refractivity contribution in [2.24, 2.45) is 0 Å². The summed E-state index contributed by atoms with van der Waals surface area (Å²) in [4.78, 5) is 15.5. The molecular formula is C17H13NO2. The average molecular weight is 263 g/mol. The van der Waals surface area contributed by atoms with Crippen molar-refractivity contribution in [1.29, 1.82) is 0 Å². The maximum Gasteiger partial charge on any atom is 0.344 e. The summed E-state index contributed by atoms with van der Waals surface area (Å²) >= 11 is 0. The van der Waals surface area contributed by atoms with E-state index in [2.05, 4.69) is 24.0 Å². The molecule has 4 aromatic rings. The molecule has 1 N–H and O–H groups in total. The molecule has 0 saturated heterocycles. The Morgan fingerprint density at radius 2 is 1.90 bits per heavy atom. The maximum absolute atomic E-state index is 12.1. The first-order valence-electron chi connectivity index (χ1n) is 6.73. The first-order valence-corrected chi connectivity index (χ1v) is 6.73. The van der Waals surface area contributed by atoms with Crippen LogP contribution in [0.1, 0.15) is 12.6 Å². The van der Waals surface area contributed by atoms with Gasteiger partial charge in [-0.15, -0.1) is 0 Å². The van der Waals surface area contributed by atoms with Crippen LogP contribution < -0.4 is 5.63 Å². The van der Waals surface area contributed by atoms with Gasteiger partial charge in [0, 0.05) is 27.4 Å². The van der Waals surface area contributed by atoms with Crippen molar-refractivity contribution >= 4 is 32.6 Å². The standard InChI is InChI=1S/C17H13NO2/c1-2-11-7-10-8-13-12-5-3-4-6-16(12)20-17(19)14(13)9-15(10)18-11/h3-9,18H,2H2,1H3. The predicted molar refractivity (Wildman–Crippen MR) is 81.2 cm³/mol. The summed E-state index contributed by atoms with van der Waals surface area (Å²) < 4.78 is 5.39. The fourth-order valence-corrected chi connectivity index (χ4v) is 2.76. The van der Waals surface area contributed by atoms with Crippen molar-refractivity contribution in [1.82, 2.24) is 4.98 Å². The molecule has 20 heavy (non-hydrogen) atoms. The molecule has 98 valence electrons. The molecule has 0 aliphatic heterocycles. The van der Waals surface area contributed by atoms with E-state index in [0.717, 1.165) is 28.1 Å². The third-order valence-electron chi connectivity index (χ3n) is 3.80.